The molecule has 0 atom stereocenters. The number of hydrogen-bond donors (Lipinski definition) is 0. The van der Waals surface area contributed by atoms with Crippen LogP contribution in [0.1, 0.15) is 28.4 Å². The zero-order valence-corrected chi connectivity index (χ0v) is 11.3. The summed E-state index contributed by atoms with van der Waals surface area (Å²) >= 11 is 0. The molecular weight excluding hydrogens is 281 g/mol. The Hall–Kier alpha value is -2.30. The highest BCUT2D eigenvalue weighted by molar-refractivity contribution is 5.75. The molecule has 0 radical (unpaired) electrons. The van der Waals surface area contributed by atoms with Crippen LogP contribution in [0.4, 0.5) is 13.2 Å². The quantitative estimate of drug-likeness (QED) is 0.752. The second kappa shape index (κ2) is 5.99. The maximum Gasteiger partial charge on any atom is 0.420 e. The van der Waals surface area contributed by atoms with E-state index >= 15 is 0 Å². The first kappa shape index (κ1) is 15.1. The topological polar surface area (TPSA) is 26.3 Å². The summed E-state index contributed by atoms with van der Waals surface area (Å²) in [6.45, 7) is 1.98. The molecule has 2 rings (SSSR count). The third-order valence-corrected chi connectivity index (χ3v) is 3.00. The van der Waals surface area contributed by atoms with Crippen molar-refractivity contribution in [2.24, 2.45) is 0 Å². The van der Waals surface area contributed by atoms with Crippen LogP contribution < -0.4 is 4.74 Å². The molecule has 0 fully saturated rings. The highest BCUT2D eigenvalue weighted by Gasteiger charge is 2.34. The van der Waals surface area contributed by atoms with E-state index in [0.717, 1.165) is 24.1 Å². The molecule has 0 amide bonds. The number of benzene rings is 2. The number of hydrogen-bond acceptors (Lipinski definition) is 2. The van der Waals surface area contributed by atoms with E-state index in [9.17, 15) is 18.0 Å². The second-order valence-corrected chi connectivity index (χ2v) is 4.47. The van der Waals surface area contributed by atoms with Crippen molar-refractivity contribution in [1.82, 2.24) is 0 Å². The maximum atomic E-state index is 13.0. The van der Waals surface area contributed by atoms with Crippen molar-refractivity contribution >= 4 is 6.29 Å². The number of rotatable bonds is 4. The molecule has 110 valence electrons. The summed E-state index contributed by atoms with van der Waals surface area (Å²) in [6.07, 6.45) is -3.38. The van der Waals surface area contributed by atoms with Gasteiger partial charge in [0.05, 0.1) is 5.56 Å². The van der Waals surface area contributed by atoms with E-state index in [-0.39, 0.29) is 11.3 Å². The van der Waals surface area contributed by atoms with E-state index in [1.54, 1.807) is 24.3 Å². The summed E-state index contributed by atoms with van der Waals surface area (Å²) in [5.74, 6) is -0.00565. The van der Waals surface area contributed by atoms with Crippen molar-refractivity contribution in [1.29, 1.82) is 0 Å². The first-order chi connectivity index (χ1) is 9.94. The fraction of sp³-hybridized carbons (Fsp3) is 0.188. The molecule has 0 aliphatic carbocycles. The van der Waals surface area contributed by atoms with Gasteiger partial charge in [-0.2, -0.15) is 13.2 Å². The summed E-state index contributed by atoms with van der Waals surface area (Å²) in [6, 6.07) is 10.0. The van der Waals surface area contributed by atoms with E-state index in [1.165, 1.54) is 6.07 Å². The molecule has 2 nitrogen and oxygen atoms in total. The molecule has 0 aliphatic rings. The van der Waals surface area contributed by atoms with Crippen LogP contribution in [0, 0.1) is 0 Å². The highest BCUT2D eigenvalue weighted by atomic mass is 19.4. The number of aryl methyl sites for hydroxylation is 1. The molecule has 0 spiro atoms. The van der Waals surface area contributed by atoms with Crippen LogP contribution in [0.5, 0.6) is 11.5 Å². The molecule has 0 N–H and O–H groups in total. The Bertz CT molecular complexity index is 631. The molecule has 21 heavy (non-hydrogen) atoms. The third kappa shape index (κ3) is 3.62. The lowest BCUT2D eigenvalue weighted by Crippen LogP contribution is -2.08. The van der Waals surface area contributed by atoms with Gasteiger partial charge in [-0.1, -0.05) is 19.1 Å². The van der Waals surface area contributed by atoms with Crippen LogP contribution in [0.15, 0.2) is 42.5 Å². The Morgan fingerprint density at radius 3 is 2.29 bits per heavy atom. The second-order valence-electron chi connectivity index (χ2n) is 4.47. The first-order valence-electron chi connectivity index (χ1n) is 6.37. The van der Waals surface area contributed by atoms with Crippen LogP contribution >= 0.6 is 0 Å². The third-order valence-electron chi connectivity index (χ3n) is 3.00. The number of ether oxygens (including phenoxy) is 1. The molecular formula is C16H13F3O2. The van der Waals surface area contributed by atoms with E-state index in [4.69, 9.17) is 4.74 Å². The molecule has 0 heterocycles. The lowest BCUT2D eigenvalue weighted by atomic mass is 10.1. The van der Waals surface area contributed by atoms with E-state index in [2.05, 4.69) is 0 Å². The summed E-state index contributed by atoms with van der Waals surface area (Å²) in [4.78, 5) is 10.6. The predicted octanol–water partition coefficient (Wildman–Crippen LogP) is 4.87. The van der Waals surface area contributed by atoms with Crippen LogP contribution in [-0.4, -0.2) is 6.29 Å². The van der Waals surface area contributed by atoms with Crippen molar-refractivity contribution < 1.29 is 22.7 Å². The molecule has 0 aliphatic heterocycles. The number of carbonyl (C=O) groups excluding carboxylic acids is 1. The molecule has 0 aromatic heterocycles. The van der Waals surface area contributed by atoms with Crippen molar-refractivity contribution in [2.75, 3.05) is 0 Å². The van der Waals surface area contributed by atoms with Gasteiger partial charge in [0.25, 0.3) is 0 Å². The van der Waals surface area contributed by atoms with E-state index < -0.39 is 11.7 Å². The lowest BCUT2D eigenvalue weighted by molar-refractivity contribution is -0.138. The maximum absolute atomic E-state index is 13.0. The fourth-order valence-electron chi connectivity index (χ4n) is 1.85. The minimum atomic E-state index is -4.59. The molecule has 0 saturated carbocycles. The predicted molar refractivity (Wildman–Crippen MR) is 72.7 cm³/mol. The Kier molecular flexibility index (Phi) is 4.31. The van der Waals surface area contributed by atoms with Gasteiger partial charge in [-0.25, -0.2) is 0 Å². The zero-order chi connectivity index (χ0) is 15.5. The summed E-state index contributed by atoms with van der Waals surface area (Å²) in [5.41, 5.74) is 0.0531. The van der Waals surface area contributed by atoms with Crippen LogP contribution in [0.3, 0.4) is 0 Å². The van der Waals surface area contributed by atoms with Gasteiger partial charge in [-0.05, 0) is 42.3 Å². The Morgan fingerprint density at radius 2 is 1.76 bits per heavy atom. The minimum Gasteiger partial charge on any atom is -0.457 e. The smallest absolute Gasteiger partial charge is 0.420 e. The first-order valence-corrected chi connectivity index (χ1v) is 6.37. The van der Waals surface area contributed by atoms with Gasteiger partial charge in [0.1, 0.15) is 17.8 Å². The minimum absolute atomic E-state index is 0.0454. The van der Waals surface area contributed by atoms with Crippen molar-refractivity contribution in [3.63, 3.8) is 0 Å². The van der Waals surface area contributed by atoms with Gasteiger partial charge in [0.2, 0.25) is 0 Å². The fourth-order valence-corrected chi connectivity index (χ4v) is 1.85. The summed E-state index contributed by atoms with van der Waals surface area (Å²) in [7, 11) is 0. The number of alkyl halides is 3. The number of aldehydes is 1. The lowest BCUT2D eigenvalue weighted by Gasteiger charge is -2.14. The van der Waals surface area contributed by atoms with E-state index in [0.29, 0.717) is 12.0 Å². The molecule has 5 heteroatoms. The average molecular weight is 294 g/mol. The molecule has 0 saturated heterocycles. The van der Waals surface area contributed by atoms with Crippen molar-refractivity contribution in [3.8, 4) is 11.5 Å². The van der Waals surface area contributed by atoms with Crippen molar-refractivity contribution in [3.05, 3.63) is 59.2 Å². The molecule has 2 aromatic carbocycles. The largest absolute Gasteiger partial charge is 0.457 e. The molecule has 0 unspecified atom stereocenters. The summed E-state index contributed by atoms with van der Waals surface area (Å²) in [5, 5.41) is 0. The monoisotopic (exact) mass is 294 g/mol. The highest BCUT2D eigenvalue weighted by Crippen LogP contribution is 2.38. The zero-order valence-electron chi connectivity index (χ0n) is 11.3. The van der Waals surface area contributed by atoms with Crippen LogP contribution in [0.25, 0.3) is 0 Å². The van der Waals surface area contributed by atoms with Gasteiger partial charge in [-0.15, -0.1) is 0 Å². The van der Waals surface area contributed by atoms with Gasteiger partial charge < -0.3 is 4.74 Å². The van der Waals surface area contributed by atoms with E-state index in [1.807, 2.05) is 6.92 Å². The Labute approximate surface area is 120 Å². The summed E-state index contributed by atoms with van der Waals surface area (Å²) < 4.78 is 44.3. The standard InChI is InChI=1S/C16H13F3O2/c1-2-11-3-6-13(7-4-11)21-15-8-5-12(10-20)9-14(15)16(17,18)19/h3-10H,2H2,1H3. The van der Waals surface area contributed by atoms with Crippen LogP contribution in [0.2, 0.25) is 0 Å². The van der Waals surface area contributed by atoms with Crippen molar-refractivity contribution in [2.45, 2.75) is 19.5 Å². The molecule has 2 aromatic rings. The normalized spacial score (nSPS) is 11.2. The molecule has 0 bridgehead atoms. The van der Waals surface area contributed by atoms with Gasteiger partial charge in [-0.3, -0.25) is 4.79 Å². The number of halogens is 3. The average Bonchev–Trinajstić information content (AvgIpc) is 2.47. The Morgan fingerprint density at radius 1 is 1.10 bits per heavy atom. The Balaban J connectivity index is 2.36. The van der Waals surface area contributed by atoms with Gasteiger partial charge >= 0.3 is 6.18 Å². The SMILES string of the molecule is CCc1ccc(Oc2ccc(C=O)cc2C(F)(F)F)cc1. The van der Waals surface area contributed by atoms with Gasteiger partial charge in [0.15, 0.2) is 0 Å². The van der Waals surface area contributed by atoms with Gasteiger partial charge in [0, 0.05) is 5.56 Å². The number of carbonyl (C=O) groups is 1. The van der Waals surface area contributed by atoms with Crippen LogP contribution in [-0.2, 0) is 12.6 Å².